The Bertz CT molecular complexity index is 960. The van der Waals surface area contributed by atoms with E-state index in [1.807, 2.05) is 25.3 Å². The second kappa shape index (κ2) is 8.19. The molecule has 1 saturated carbocycles. The molecule has 31 heavy (non-hydrogen) atoms. The summed E-state index contributed by atoms with van der Waals surface area (Å²) in [7, 11) is 2.17. The number of carbonyl (C=O) groups is 1. The first-order valence-electron chi connectivity index (χ1n) is 11.6. The highest BCUT2D eigenvalue weighted by Gasteiger charge is 2.33. The average molecular weight is 425 g/mol. The third kappa shape index (κ3) is 3.80. The van der Waals surface area contributed by atoms with Crippen molar-refractivity contribution in [3.63, 3.8) is 0 Å². The van der Waals surface area contributed by atoms with Gasteiger partial charge in [-0.25, -0.2) is 4.79 Å². The molecule has 1 aliphatic carbocycles. The number of anilines is 1. The maximum Gasteiger partial charge on any atom is 0.412 e. The van der Waals surface area contributed by atoms with Crippen molar-refractivity contribution in [1.29, 1.82) is 0 Å². The third-order valence-corrected chi connectivity index (χ3v) is 7.27. The number of piperidine rings is 1. The number of benzene rings is 1. The summed E-state index contributed by atoms with van der Waals surface area (Å²) in [6, 6.07) is 4.38. The molecule has 5 rings (SSSR count). The SMILES string of the molecule is C[C@H]1CCc2c(ccc(-c3cnn(C4CCN(C)CC4)c3)c2OC2CCC2)N1C(=O)O. The van der Waals surface area contributed by atoms with Crippen LogP contribution in [0.15, 0.2) is 24.5 Å². The van der Waals surface area contributed by atoms with Gasteiger partial charge >= 0.3 is 6.09 Å². The van der Waals surface area contributed by atoms with Gasteiger partial charge in [0, 0.05) is 28.9 Å². The Morgan fingerprint density at radius 2 is 1.94 bits per heavy atom. The molecular weight excluding hydrogens is 392 g/mol. The van der Waals surface area contributed by atoms with Gasteiger partial charge in [-0.15, -0.1) is 0 Å². The Kier molecular flexibility index (Phi) is 5.38. The van der Waals surface area contributed by atoms with E-state index in [0.717, 1.165) is 79.7 Å². The van der Waals surface area contributed by atoms with Gasteiger partial charge in [-0.2, -0.15) is 5.10 Å². The standard InChI is InChI=1S/C24H32N4O3/c1-16-6-7-21-22(28(16)24(29)30)9-8-20(23(21)31-19-4-3-5-19)17-14-25-27(15-17)18-10-12-26(2)13-11-18/h8-9,14-16,18-19H,3-7,10-13H2,1-2H3,(H,29,30)/t16-/m0/s1. The van der Waals surface area contributed by atoms with Gasteiger partial charge in [-0.05, 0) is 84.1 Å². The van der Waals surface area contributed by atoms with Crippen LogP contribution in [0.2, 0.25) is 0 Å². The molecule has 1 aromatic carbocycles. The summed E-state index contributed by atoms with van der Waals surface area (Å²) in [5, 5.41) is 14.5. The van der Waals surface area contributed by atoms with E-state index in [1.54, 1.807) is 0 Å². The van der Waals surface area contributed by atoms with Crippen LogP contribution >= 0.6 is 0 Å². The van der Waals surface area contributed by atoms with Crippen LogP contribution in [-0.4, -0.2) is 58.2 Å². The van der Waals surface area contributed by atoms with Crippen LogP contribution in [-0.2, 0) is 6.42 Å². The zero-order chi connectivity index (χ0) is 21.5. The van der Waals surface area contributed by atoms with Crippen molar-refractivity contribution in [1.82, 2.24) is 14.7 Å². The van der Waals surface area contributed by atoms with Crippen molar-refractivity contribution >= 4 is 11.8 Å². The van der Waals surface area contributed by atoms with Gasteiger partial charge in [-0.3, -0.25) is 9.58 Å². The van der Waals surface area contributed by atoms with Crippen LogP contribution in [0.5, 0.6) is 5.75 Å². The fraction of sp³-hybridized carbons (Fsp3) is 0.583. The fourth-order valence-corrected chi connectivity index (χ4v) is 5.05. The number of ether oxygens (including phenoxy) is 1. The number of hydrogen-bond acceptors (Lipinski definition) is 4. The molecule has 1 aromatic heterocycles. The number of hydrogen-bond donors (Lipinski definition) is 1. The third-order valence-electron chi connectivity index (χ3n) is 7.27. The minimum absolute atomic E-state index is 0.0282. The Morgan fingerprint density at radius 3 is 2.61 bits per heavy atom. The van der Waals surface area contributed by atoms with Crippen LogP contribution in [0, 0.1) is 0 Å². The number of fused-ring (bicyclic) bond motifs is 1. The Morgan fingerprint density at radius 1 is 1.16 bits per heavy atom. The molecule has 3 aliphatic rings. The molecule has 1 amide bonds. The van der Waals surface area contributed by atoms with Crippen LogP contribution in [0.1, 0.15) is 57.1 Å². The Labute approximate surface area is 183 Å². The monoisotopic (exact) mass is 424 g/mol. The lowest BCUT2D eigenvalue weighted by Gasteiger charge is -2.36. The average Bonchev–Trinajstić information content (AvgIpc) is 3.20. The minimum atomic E-state index is -0.897. The van der Waals surface area contributed by atoms with Gasteiger partial charge in [0.15, 0.2) is 0 Å². The summed E-state index contributed by atoms with van der Waals surface area (Å²) in [5.74, 6) is 0.864. The molecule has 0 bridgehead atoms. The lowest BCUT2D eigenvalue weighted by Crippen LogP contribution is -2.41. The highest BCUT2D eigenvalue weighted by molar-refractivity contribution is 5.91. The molecule has 7 heteroatoms. The normalized spacial score (nSPS) is 22.8. The van der Waals surface area contributed by atoms with Gasteiger partial charge in [0.2, 0.25) is 0 Å². The number of carboxylic acid groups (broad SMARTS) is 1. The zero-order valence-electron chi connectivity index (χ0n) is 18.5. The van der Waals surface area contributed by atoms with Gasteiger partial charge in [0.1, 0.15) is 5.75 Å². The van der Waals surface area contributed by atoms with Crippen molar-refractivity contribution in [3.05, 3.63) is 30.1 Å². The van der Waals surface area contributed by atoms with Crippen molar-refractivity contribution < 1.29 is 14.6 Å². The predicted octanol–water partition coefficient (Wildman–Crippen LogP) is 4.57. The maximum absolute atomic E-state index is 12.0. The van der Waals surface area contributed by atoms with E-state index in [2.05, 4.69) is 22.8 Å². The number of rotatable bonds is 4. The van der Waals surface area contributed by atoms with Gasteiger partial charge in [0.05, 0.1) is 24.0 Å². The molecule has 1 atom stereocenters. The molecule has 0 unspecified atom stereocenters. The van der Waals surface area contributed by atoms with Crippen molar-refractivity contribution in [2.24, 2.45) is 0 Å². The second-order valence-electron chi connectivity index (χ2n) is 9.39. The topological polar surface area (TPSA) is 70.8 Å². The summed E-state index contributed by atoms with van der Waals surface area (Å²) >= 11 is 0. The van der Waals surface area contributed by atoms with Crippen LogP contribution in [0.4, 0.5) is 10.5 Å². The van der Waals surface area contributed by atoms with Gasteiger partial charge in [0.25, 0.3) is 0 Å². The number of amides is 1. The molecule has 1 saturated heterocycles. The quantitative estimate of drug-likeness (QED) is 0.779. The van der Waals surface area contributed by atoms with E-state index in [0.29, 0.717) is 6.04 Å². The first kappa shape index (κ1) is 20.4. The first-order valence-corrected chi connectivity index (χ1v) is 11.6. The first-order chi connectivity index (χ1) is 15.0. The Balaban J connectivity index is 1.52. The summed E-state index contributed by atoms with van der Waals surface area (Å²) in [5.41, 5.74) is 3.88. The molecule has 2 aromatic rings. The van der Waals surface area contributed by atoms with Crippen LogP contribution in [0.25, 0.3) is 11.1 Å². The molecular formula is C24H32N4O3. The molecule has 0 spiro atoms. The van der Waals surface area contributed by atoms with E-state index in [9.17, 15) is 9.90 Å². The zero-order valence-corrected chi connectivity index (χ0v) is 18.5. The van der Waals surface area contributed by atoms with Crippen molar-refractivity contribution in [3.8, 4) is 16.9 Å². The van der Waals surface area contributed by atoms with Gasteiger partial charge < -0.3 is 14.7 Å². The fourth-order valence-electron chi connectivity index (χ4n) is 5.05. The van der Waals surface area contributed by atoms with Crippen molar-refractivity contribution in [2.45, 2.75) is 70.1 Å². The lowest BCUT2D eigenvalue weighted by molar-refractivity contribution is 0.119. The van der Waals surface area contributed by atoms with E-state index >= 15 is 0 Å². The molecule has 0 radical (unpaired) electrons. The molecule has 3 heterocycles. The number of aromatic nitrogens is 2. The molecule has 2 aliphatic heterocycles. The minimum Gasteiger partial charge on any atom is -0.489 e. The van der Waals surface area contributed by atoms with E-state index in [1.165, 1.54) is 11.3 Å². The molecule has 2 fully saturated rings. The molecule has 1 N–H and O–H groups in total. The summed E-state index contributed by atoms with van der Waals surface area (Å²) in [4.78, 5) is 15.8. The van der Waals surface area contributed by atoms with E-state index in [-0.39, 0.29) is 12.1 Å². The highest BCUT2D eigenvalue weighted by Crippen LogP contribution is 2.44. The van der Waals surface area contributed by atoms with Crippen LogP contribution < -0.4 is 9.64 Å². The van der Waals surface area contributed by atoms with Crippen LogP contribution in [0.3, 0.4) is 0 Å². The predicted molar refractivity (Wildman–Crippen MR) is 120 cm³/mol. The van der Waals surface area contributed by atoms with E-state index < -0.39 is 6.09 Å². The maximum atomic E-state index is 12.0. The summed E-state index contributed by atoms with van der Waals surface area (Å²) in [6.45, 7) is 4.17. The summed E-state index contributed by atoms with van der Waals surface area (Å²) in [6.07, 6.45) is 10.6. The number of nitrogens with zero attached hydrogens (tertiary/aromatic N) is 4. The summed E-state index contributed by atoms with van der Waals surface area (Å²) < 4.78 is 8.61. The highest BCUT2D eigenvalue weighted by atomic mass is 16.5. The molecule has 7 nitrogen and oxygen atoms in total. The lowest BCUT2D eigenvalue weighted by atomic mass is 9.91. The number of likely N-dealkylation sites (tertiary alicyclic amines) is 1. The Hall–Kier alpha value is -2.54. The smallest absolute Gasteiger partial charge is 0.412 e. The molecule has 166 valence electrons. The van der Waals surface area contributed by atoms with Crippen molar-refractivity contribution in [2.75, 3.05) is 25.0 Å². The van der Waals surface area contributed by atoms with Gasteiger partial charge in [-0.1, -0.05) is 0 Å². The second-order valence-corrected chi connectivity index (χ2v) is 9.39. The van der Waals surface area contributed by atoms with E-state index in [4.69, 9.17) is 9.84 Å². The largest absolute Gasteiger partial charge is 0.489 e.